The van der Waals surface area contributed by atoms with Gasteiger partial charge in [0.05, 0.1) is 11.9 Å². The highest BCUT2D eigenvalue weighted by Gasteiger charge is 2.24. The van der Waals surface area contributed by atoms with Crippen molar-refractivity contribution in [3.63, 3.8) is 0 Å². The molecular weight excluding hydrogens is 422 g/mol. The molecule has 2 aromatic rings. The van der Waals surface area contributed by atoms with E-state index in [1.807, 2.05) is 44.2 Å². The minimum Gasteiger partial charge on any atom is -0.350 e. The average molecular weight is 458 g/mol. The summed E-state index contributed by atoms with van der Waals surface area (Å²) in [6, 6.07) is 15.5. The van der Waals surface area contributed by atoms with Gasteiger partial charge in [-0.3, -0.25) is 14.0 Å². The highest BCUT2D eigenvalue weighted by atomic mass is 32.2. The second kappa shape index (κ2) is 11.0. The van der Waals surface area contributed by atoms with Gasteiger partial charge in [0.2, 0.25) is 15.9 Å². The van der Waals surface area contributed by atoms with Crippen LogP contribution in [0.15, 0.2) is 48.5 Å². The predicted molar refractivity (Wildman–Crippen MR) is 130 cm³/mol. The van der Waals surface area contributed by atoms with Gasteiger partial charge in [-0.15, -0.1) is 0 Å². The first-order valence-electron chi connectivity index (χ1n) is 11.4. The van der Waals surface area contributed by atoms with Crippen LogP contribution < -0.4 is 9.62 Å². The largest absolute Gasteiger partial charge is 0.350 e. The maximum atomic E-state index is 12.8. The average Bonchev–Trinajstić information content (AvgIpc) is 2.77. The Labute approximate surface area is 192 Å². The second-order valence-corrected chi connectivity index (χ2v) is 10.8. The first kappa shape index (κ1) is 24.3. The third-order valence-electron chi connectivity index (χ3n) is 5.95. The molecule has 174 valence electrons. The number of amides is 1. The Bertz CT molecular complexity index is 1010. The van der Waals surface area contributed by atoms with Crippen LogP contribution in [0.3, 0.4) is 0 Å². The lowest BCUT2D eigenvalue weighted by Gasteiger charge is -2.27. The lowest BCUT2D eigenvalue weighted by atomic mass is 10.0. The number of nitrogens with zero attached hydrogens (tertiary/aromatic N) is 2. The maximum Gasteiger partial charge on any atom is 0.241 e. The molecule has 0 aromatic heterocycles. The normalized spacial score (nSPS) is 15.0. The lowest BCUT2D eigenvalue weighted by molar-refractivity contribution is -0.119. The van der Waals surface area contributed by atoms with E-state index in [0.717, 1.165) is 37.0 Å². The Kier molecular flexibility index (Phi) is 8.32. The highest BCUT2D eigenvalue weighted by Crippen LogP contribution is 2.28. The standard InChI is InChI=1S/C25H35N3O3S/c1-20(2)23-13-7-8-14-24(23)28(32(3,30)31)19-25(29)26-17-21-11-5-6-12-22(21)18-27-15-9-4-10-16-27/h5-8,11-14,20H,4,9-10,15-19H2,1-3H3,(H,26,29). The third kappa shape index (κ3) is 6.56. The van der Waals surface area contributed by atoms with Gasteiger partial charge in [0.1, 0.15) is 6.54 Å². The zero-order valence-corrected chi connectivity index (χ0v) is 20.2. The number of piperidine rings is 1. The van der Waals surface area contributed by atoms with Crippen LogP contribution in [0.2, 0.25) is 0 Å². The van der Waals surface area contributed by atoms with E-state index in [4.69, 9.17) is 0 Å². The quantitative estimate of drug-likeness (QED) is 0.620. The first-order valence-corrected chi connectivity index (χ1v) is 13.2. The number of benzene rings is 2. The molecule has 1 amide bonds. The van der Waals surface area contributed by atoms with Crippen LogP contribution in [0.5, 0.6) is 0 Å². The molecule has 32 heavy (non-hydrogen) atoms. The number of nitrogens with one attached hydrogen (secondary N) is 1. The van der Waals surface area contributed by atoms with Gasteiger partial charge in [-0.05, 0) is 54.6 Å². The highest BCUT2D eigenvalue weighted by molar-refractivity contribution is 7.92. The Morgan fingerprint density at radius 2 is 1.62 bits per heavy atom. The number of likely N-dealkylation sites (tertiary alicyclic amines) is 1. The molecule has 6 nitrogen and oxygen atoms in total. The number of hydrogen-bond acceptors (Lipinski definition) is 4. The fraction of sp³-hybridized carbons (Fsp3) is 0.480. The fourth-order valence-electron chi connectivity index (χ4n) is 4.21. The van der Waals surface area contributed by atoms with Crippen LogP contribution in [0.1, 0.15) is 55.7 Å². The van der Waals surface area contributed by atoms with Crippen molar-refractivity contribution >= 4 is 21.6 Å². The molecule has 1 fully saturated rings. The second-order valence-electron chi connectivity index (χ2n) is 8.87. The third-order valence-corrected chi connectivity index (χ3v) is 7.08. The summed E-state index contributed by atoms with van der Waals surface area (Å²) in [5.74, 6) is -0.179. The monoisotopic (exact) mass is 457 g/mol. The Morgan fingerprint density at radius 3 is 2.28 bits per heavy atom. The molecule has 0 saturated carbocycles. The minimum atomic E-state index is -3.61. The van der Waals surface area contributed by atoms with Gasteiger partial charge in [-0.25, -0.2) is 8.42 Å². The summed E-state index contributed by atoms with van der Waals surface area (Å²) in [5.41, 5.74) is 3.74. The molecule has 1 saturated heterocycles. The molecule has 1 heterocycles. The van der Waals surface area contributed by atoms with E-state index < -0.39 is 10.0 Å². The number of carbonyl (C=O) groups excluding carboxylic acids is 1. The molecule has 0 unspecified atom stereocenters. The molecule has 0 aliphatic carbocycles. The number of sulfonamides is 1. The van der Waals surface area contributed by atoms with Gasteiger partial charge in [0.15, 0.2) is 0 Å². The molecule has 1 N–H and O–H groups in total. The van der Waals surface area contributed by atoms with Gasteiger partial charge in [0, 0.05) is 13.1 Å². The summed E-state index contributed by atoms with van der Waals surface area (Å²) in [6.45, 7) is 7.27. The minimum absolute atomic E-state index is 0.139. The topological polar surface area (TPSA) is 69.7 Å². The maximum absolute atomic E-state index is 12.8. The van der Waals surface area contributed by atoms with Crippen molar-refractivity contribution in [1.82, 2.24) is 10.2 Å². The first-order chi connectivity index (χ1) is 15.3. The van der Waals surface area contributed by atoms with Crippen LogP contribution in [-0.2, 0) is 27.9 Å². The van der Waals surface area contributed by atoms with E-state index in [2.05, 4.69) is 16.3 Å². The van der Waals surface area contributed by atoms with Crippen molar-refractivity contribution in [2.24, 2.45) is 0 Å². The molecule has 7 heteroatoms. The molecule has 0 radical (unpaired) electrons. The zero-order valence-electron chi connectivity index (χ0n) is 19.4. The Morgan fingerprint density at radius 1 is 1.00 bits per heavy atom. The SMILES string of the molecule is CC(C)c1ccccc1N(CC(=O)NCc1ccccc1CN1CCCCC1)S(C)(=O)=O. The van der Waals surface area contributed by atoms with Gasteiger partial charge in [-0.1, -0.05) is 62.7 Å². The number of rotatable bonds is 9. The summed E-state index contributed by atoms with van der Waals surface area (Å²) in [7, 11) is -3.61. The van der Waals surface area contributed by atoms with Gasteiger partial charge < -0.3 is 5.32 Å². The van der Waals surface area contributed by atoms with Crippen LogP contribution in [-0.4, -0.2) is 45.1 Å². The van der Waals surface area contributed by atoms with E-state index >= 15 is 0 Å². The van der Waals surface area contributed by atoms with E-state index in [1.165, 1.54) is 29.1 Å². The summed E-state index contributed by atoms with van der Waals surface area (Å²) in [4.78, 5) is 15.3. The van der Waals surface area contributed by atoms with E-state index in [1.54, 1.807) is 12.1 Å². The molecular formula is C25H35N3O3S. The van der Waals surface area contributed by atoms with Crippen molar-refractivity contribution in [2.45, 2.75) is 52.1 Å². The van der Waals surface area contributed by atoms with Crippen molar-refractivity contribution in [3.8, 4) is 0 Å². The Balaban J connectivity index is 1.69. The van der Waals surface area contributed by atoms with E-state index in [9.17, 15) is 13.2 Å². The molecule has 1 aliphatic heterocycles. The van der Waals surface area contributed by atoms with Crippen molar-refractivity contribution in [2.75, 3.05) is 30.2 Å². The number of carbonyl (C=O) groups is 1. The molecule has 0 bridgehead atoms. The van der Waals surface area contributed by atoms with Crippen LogP contribution in [0, 0.1) is 0 Å². The van der Waals surface area contributed by atoms with Crippen LogP contribution in [0.4, 0.5) is 5.69 Å². The van der Waals surface area contributed by atoms with Crippen molar-refractivity contribution in [3.05, 3.63) is 65.2 Å². The van der Waals surface area contributed by atoms with Gasteiger partial charge in [0.25, 0.3) is 0 Å². The number of para-hydroxylation sites is 1. The Hall–Kier alpha value is -2.38. The smallest absolute Gasteiger partial charge is 0.241 e. The summed E-state index contributed by atoms with van der Waals surface area (Å²) < 4.78 is 26.3. The molecule has 0 atom stereocenters. The molecule has 2 aromatic carbocycles. The van der Waals surface area contributed by atoms with E-state index in [0.29, 0.717) is 12.2 Å². The van der Waals surface area contributed by atoms with Crippen molar-refractivity contribution < 1.29 is 13.2 Å². The fourth-order valence-corrected chi connectivity index (χ4v) is 5.08. The zero-order chi connectivity index (χ0) is 23.1. The van der Waals surface area contributed by atoms with Crippen molar-refractivity contribution in [1.29, 1.82) is 0 Å². The van der Waals surface area contributed by atoms with Gasteiger partial charge in [-0.2, -0.15) is 0 Å². The summed E-state index contributed by atoms with van der Waals surface area (Å²) >= 11 is 0. The molecule has 1 aliphatic rings. The summed E-state index contributed by atoms with van der Waals surface area (Å²) in [6.07, 6.45) is 4.91. The summed E-state index contributed by atoms with van der Waals surface area (Å²) in [5, 5.41) is 2.93. The number of anilines is 1. The van der Waals surface area contributed by atoms with Gasteiger partial charge >= 0.3 is 0 Å². The van der Waals surface area contributed by atoms with E-state index in [-0.39, 0.29) is 18.4 Å². The predicted octanol–water partition coefficient (Wildman–Crippen LogP) is 3.88. The van der Waals surface area contributed by atoms with Crippen LogP contribution >= 0.6 is 0 Å². The number of hydrogen-bond donors (Lipinski definition) is 1. The molecule has 3 rings (SSSR count). The molecule has 0 spiro atoms. The lowest BCUT2D eigenvalue weighted by Crippen LogP contribution is -2.40. The van der Waals surface area contributed by atoms with Crippen LogP contribution in [0.25, 0.3) is 0 Å².